The number of nitrogens with two attached hydrogens (primary N) is 1. The van der Waals surface area contributed by atoms with E-state index in [9.17, 15) is 12.6 Å². The van der Waals surface area contributed by atoms with Crippen LogP contribution < -0.4 is 16.0 Å². The Bertz CT molecular complexity index is 594. The number of nitrogens with one attached hydrogen (secondary N) is 2. The van der Waals surface area contributed by atoms with Crippen molar-refractivity contribution in [2.75, 3.05) is 17.4 Å². The summed E-state index contributed by atoms with van der Waals surface area (Å²) in [5.41, 5.74) is 2.25. The molecule has 2 atom stereocenters. The highest BCUT2D eigenvalue weighted by Gasteiger charge is 2.22. The van der Waals surface area contributed by atoms with Crippen molar-refractivity contribution in [3.8, 4) is 0 Å². The summed E-state index contributed by atoms with van der Waals surface area (Å²) in [6.07, 6.45) is 3.50. The summed E-state index contributed by atoms with van der Waals surface area (Å²) in [6.45, 7) is 1.71. The molecule has 0 fully saturated rings. The minimum atomic E-state index is -3.76. The lowest BCUT2D eigenvalue weighted by Gasteiger charge is -2.15. The lowest BCUT2D eigenvalue weighted by molar-refractivity contribution is 0.555. The van der Waals surface area contributed by atoms with Crippen molar-refractivity contribution < 1.29 is 12.6 Å². The number of hydrogen-bond donors (Lipinski definition) is 3. The van der Waals surface area contributed by atoms with Gasteiger partial charge in [0.15, 0.2) is 5.82 Å². The molecule has 0 radical (unpaired) electrons. The minimum absolute atomic E-state index is 0.0427. The highest BCUT2D eigenvalue weighted by Crippen LogP contribution is 2.22. The number of nitrogen functional groups attached to an aromatic ring is 1. The molecule has 0 saturated carbocycles. The van der Waals surface area contributed by atoms with Crippen LogP contribution in [-0.2, 0) is 20.8 Å². The maximum absolute atomic E-state index is 12.3. The molecule has 10 heteroatoms. The molecule has 0 aromatic carbocycles. The molecule has 0 aliphatic rings. The van der Waals surface area contributed by atoms with Gasteiger partial charge >= 0.3 is 0 Å². The molecule has 0 aliphatic heterocycles. The van der Waals surface area contributed by atoms with Gasteiger partial charge in [0.2, 0.25) is 10.0 Å². The quantitative estimate of drug-likeness (QED) is 0.467. The van der Waals surface area contributed by atoms with Gasteiger partial charge < -0.3 is 5.43 Å². The summed E-state index contributed by atoms with van der Waals surface area (Å²) in [5.74, 6) is 5.76. The van der Waals surface area contributed by atoms with E-state index in [2.05, 4.69) is 31.1 Å². The van der Waals surface area contributed by atoms with Gasteiger partial charge in [0.1, 0.15) is 4.90 Å². The van der Waals surface area contributed by atoms with E-state index in [0.29, 0.717) is 16.6 Å². The van der Waals surface area contributed by atoms with Gasteiger partial charge in [-0.05, 0) is 35.3 Å². The first-order chi connectivity index (χ1) is 9.26. The second-order valence-corrected chi connectivity index (χ2v) is 8.39. The van der Waals surface area contributed by atoms with Crippen molar-refractivity contribution in [2.24, 2.45) is 5.84 Å². The first-order valence-electron chi connectivity index (χ1n) is 5.70. The topological polar surface area (TPSA) is 114 Å². The van der Waals surface area contributed by atoms with E-state index >= 15 is 0 Å². The predicted octanol–water partition coefficient (Wildman–Crippen LogP) is 0.565. The molecule has 0 bridgehead atoms. The fraction of sp³-hybridized carbons (Fsp3) is 0.500. The average Bonchev–Trinajstić information content (AvgIpc) is 2.36. The van der Waals surface area contributed by atoms with E-state index in [-0.39, 0.29) is 16.8 Å². The first-order valence-corrected chi connectivity index (χ1v) is 9.71. The van der Waals surface area contributed by atoms with Crippen LogP contribution in [-0.4, -0.2) is 35.7 Å². The fourth-order valence-electron chi connectivity index (χ4n) is 1.46. The Morgan fingerprint density at radius 3 is 2.75 bits per heavy atom. The normalized spacial score (nSPS) is 14.8. The molecule has 7 nitrogen and oxygen atoms in total. The third-order valence-electron chi connectivity index (χ3n) is 2.44. The number of sulfonamides is 1. The zero-order valence-electron chi connectivity index (χ0n) is 11.1. The molecule has 0 spiro atoms. The number of aromatic nitrogens is 1. The SMILES string of the molecule is CC(CCS(C)=O)NS(=O)(=O)c1cc(Br)cnc1NN. The van der Waals surface area contributed by atoms with Crippen LogP contribution in [0.25, 0.3) is 0 Å². The van der Waals surface area contributed by atoms with Crippen molar-refractivity contribution in [1.82, 2.24) is 9.71 Å². The number of anilines is 1. The van der Waals surface area contributed by atoms with Crippen LogP contribution in [0.5, 0.6) is 0 Å². The summed E-state index contributed by atoms with van der Waals surface area (Å²) in [4.78, 5) is 3.85. The fourth-order valence-corrected chi connectivity index (χ4v) is 4.06. The molecule has 1 heterocycles. The van der Waals surface area contributed by atoms with Crippen LogP contribution in [0.15, 0.2) is 21.6 Å². The highest BCUT2D eigenvalue weighted by molar-refractivity contribution is 9.10. The number of nitrogens with zero attached hydrogens (tertiary/aromatic N) is 1. The molecule has 1 aromatic heterocycles. The van der Waals surface area contributed by atoms with Gasteiger partial charge in [0.05, 0.1) is 0 Å². The Morgan fingerprint density at radius 1 is 1.55 bits per heavy atom. The molecule has 0 saturated heterocycles. The van der Waals surface area contributed by atoms with E-state index in [1.165, 1.54) is 12.3 Å². The van der Waals surface area contributed by atoms with Gasteiger partial charge in [-0.3, -0.25) is 4.21 Å². The van der Waals surface area contributed by atoms with Gasteiger partial charge in [-0.25, -0.2) is 24.0 Å². The Hall–Kier alpha value is -0.550. The van der Waals surface area contributed by atoms with Gasteiger partial charge in [-0.15, -0.1) is 0 Å². The van der Waals surface area contributed by atoms with E-state index in [1.807, 2.05) is 0 Å². The van der Waals surface area contributed by atoms with Gasteiger partial charge in [-0.2, -0.15) is 0 Å². The average molecular weight is 385 g/mol. The number of rotatable bonds is 7. The standard InChI is InChI=1S/C10H17BrN4O3S2/c1-7(3-4-19(2)16)15-20(17,18)9-5-8(11)6-13-10(9)14-12/h5-7,15H,3-4,12H2,1-2H3,(H,13,14). The Labute approximate surface area is 129 Å². The minimum Gasteiger partial charge on any atom is -0.307 e. The maximum atomic E-state index is 12.3. The van der Waals surface area contributed by atoms with Crippen molar-refractivity contribution in [3.05, 3.63) is 16.7 Å². The van der Waals surface area contributed by atoms with Crippen LogP contribution in [0, 0.1) is 0 Å². The summed E-state index contributed by atoms with van der Waals surface area (Å²) in [7, 11) is -4.71. The second-order valence-electron chi connectivity index (χ2n) is 4.23. The van der Waals surface area contributed by atoms with Crippen molar-refractivity contribution in [2.45, 2.75) is 24.3 Å². The lowest BCUT2D eigenvalue weighted by Crippen LogP contribution is -2.34. The third kappa shape index (κ3) is 5.09. The Morgan fingerprint density at radius 2 is 2.20 bits per heavy atom. The van der Waals surface area contributed by atoms with Crippen molar-refractivity contribution >= 4 is 42.6 Å². The van der Waals surface area contributed by atoms with Crippen LogP contribution in [0.1, 0.15) is 13.3 Å². The predicted molar refractivity (Wildman–Crippen MR) is 83.1 cm³/mol. The molecule has 4 N–H and O–H groups in total. The molecule has 0 aliphatic carbocycles. The molecule has 20 heavy (non-hydrogen) atoms. The number of hydrazine groups is 1. The number of hydrogen-bond acceptors (Lipinski definition) is 6. The van der Waals surface area contributed by atoms with Crippen LogP contribution in [0.3, 0.4) is 0 Å². The van der Waals surface area contributed by atoms with Crippen molar-refractivity contribution in [1.29, 1.82) is 0 Å². The summed E-state index contributed by atoms with van der Waals surface area (Å²) in [6, 6.07) is 1.07. The number of halogens is 1. The van der Waals surface area contributed by atoms with E-state index < -0.39 is 20.8 Å². The largest absolute Gasteiger partial charge is 0.307 e. The maximum Gasteiger partial charge on any atom is 0.244 e. The molecule has 2 unspecified atom stereocenters. The third-order valence-corrected chi connectivity index (χ3v) is 5.29. The lowest BCUT2D eigenvalue weighted by atomic mass is 10.3. The smallest absolute Gasteiger partial charge is 0.244 e. The summed E-state index contributed by atoms with van der Waals surface area (Å²) in [5, 5.41) is 0. The molecule has 114 valence electrons. The number of pyridine rings is 1. The highest BCUT2D eigenvalue weighted by atomic mass is 79.9. The van der Waals surface area contributed by atoms with Crippen molar-refractivity contribution in [3.63, 3.8) is 0 Å². The molecular weight excluding hydrogens is 368 g/mol. The monoisotopic (exact) mass is 384 g/mol. The van der Waals surface area contributed by atoms with E-state index in [4.69, 9.17) is 5.84 Å². The summed E-state index contributed by atoms with van der Waals surface area (Å²) < 4.78 is 38.6. The van der Waals surface area contributed by atoms with Crippen LogP contribution >= 0.6 is 15.9 Å². The van der Waals surface area contributed by atoms with Gasteiger partial charge in [0, 0.05) is 39.5 Å². The Balaban J connectivity index is 2.93. The molecular formula is C10H17BrN4O3S2. The molecule has 1 rings (SSSR count). The van der Waals surface area contributed by atoms with Gasteiger partial charge in [0.25, 0.3) is 0 Å². The summed E-state index contributed by atoms with van der Waals surface area (Å²) >= 11 is 3.17. The van der Waals surface area contributed by atoms with E-state index in [0.717, 1.165) is 0 Å². The zero-order valence-corrected chi connectivity index (χ0v) is 14.3. The molecule has 0 amide bonds. The van der Waals surface area contributed by atoms with E-state index in [1.54, 1.807) is 13.2 Å². The first kappa shape index (κ1) is 17.5. The Kier molecular flexibility index (Phi) is 6.52. The van der Waals surface area contributed by atoms with Gasteiger partial charge in [-0.1, -0.05) is 0 Å². The zero-order chi connectivity index (χ0) is 15.3. The second kappa shape index (κ2) is 7.46. The van der Waals surface area contributed by atoms with Crippen LogP contribution in [0.2, 0.25) is 0 Å². The molecule has 1 aromatic rings. The van der Waals surface area contributed by atoms with Crippen LogP contribution in [0.4, 0.5) is 5.82 Å².